The van der Waals surface area contributed by atoms with Crippen LogP contribution in [0.25, 0.3) is 33.4 Å². The molecule has 6 rings (SSSR count). The third-order valence-electron chi connectivity index (χ3n) is 8.09. The number of amides is 2. The second kappa shape index (κ2) is 12.7. The fourth-order valence-corrected chi connectivity index (χ4v) is 5.85. The lowest BCUT2D eigenvalue weighted by Gasteiger charge is -2.46. The van der Waals surface area contributed by atoms with Crippen molar-refractivity contribution in [3.63, 3.8) is 0 Å². The van der Waals surface area contributed by atoms with Crippen LogP contribution in [0.5, 0.6) is 5.75 Å². The summed E-state index contributed by atoms with van der Waals surface area (Å²) in [7, 11) is 1.56. The van der Waals surface area contributed by atoms with Gasteiger partial charge in [-0.25, -0.2) is 9.97 Å². The molecule has 11 heteroatoms. The summed E-state index contributed by atoms with van der Waals surface area (Å²) >= 11 is 0. The minimum atomic E-state index is -2.92. The smallest absolute Gasteiger partial charge is 0.345 e. The van der Waals surface area contributed by atoms with Crippen LogP contribution in [0.4, 0.5) is 8.78 Å². The third-order valence-corrected chi connectivity index (χ3v) is 8.09. The number of hydrogen-bond acceptors (Lipinski definition) is 7. The van der Waals surface area contributed by atoms with Crippen molar-refractivity contribution >= 4 is 22.8 Å². The van der Waals surface area contributed by atoms with Crippen molar-refractivity contribution in [3.8, 4) is 28.2 Å². The maximum absolute atomic E-state index is 13.7. The maximum Gasteiger partial charge on any atom is 0.345 e. The Kier molecular flexibility index (Phi) is 8.50. The van der Waals surface area contributed by atoms with E-state index in [0.29, 0.717) is 57.2 Å². The van der Waals surface area contributed by atoms with Crippen molar-refractivity contribution in [1.29, 1.82) is 0 Å². The zero-order chi connectivity index (χ0) is 32.4. The van der Waals surface area contributed by atoms with E-state index in [-0.39, 0.29) is 18.7 Å². The van der Waals surface area contributed by atoms with Gasteiger partial charge in [0.15, 0.2) is 5.82 Å². The first-order chi connectivity index (χ1) is 22.2. The molecule has 236 valence electrons. The van der Waals surface area contributed by atoms with Crippen LogP contribution in [0.1, 0.15) is 51.9 Å². The predicted molar refractivity (Wildman–Crippen MR) is 168 cm³/mol. The molecule has 0 saturated heterocycles. The van der Waals surface area contributed by atoms with Gasteiger partial charge in [0.25, 0.3) is 11.8 Å². The summed E-state index contributed by atoms with van der Waals surface area (Å²) in [5.41, 5.74) is 3.28. The number of rotatable bonds is 10. The van der Waals surface area contributed by atoms with Gasteiger partial charge in [0.2, 0.25) is 0 Å². The molecule has 9 nitrogen and oxygen atoms in total. The first-order valence-electron chi connectivity index (χ1n) is 14.9. The molecule has 1 fully saturated rings. The van der Waals surface area contributed by atoms with Crippen molar-refractivity contribution in [2.75, 3.05) is 13.7 Å². The Labute approximate surface area is 264 Å². The monoisotopic (exact) mass is 626 g/mol. The van der Waals surface area contributed by atoms with Crippen molar-refractivity contribution in [2.24, 2.45) is 0 Å². The highest BCUT2D eigenvalue weighted by atomic mass is 19.3. The van der Waals surface area contributed by atoms with E-state index in [9.17, 15) is 18.4 Å². The third kappa shape index (κ3) is 5.93. The van der Waals surface area contributed by atoms with Crippen LogP contribution in [-0.2, 0) is 10.3 Å². The average Bonchev–Trinajstić information content (AvgIpc) is 3.42. The van der Waals surface area contributed by atoms with Gasteiger partial charge in [-0.3, -0.25) is 9.59 Å². The van der Waals surface area contributed by atoms with Crippen molar-refractivity contribution in [3.05, 3.63) is 102 Å². The van der Waals surface area contributed by atoms with Crippen LogP contribution in [0.15, 0.2) is 83.5 Å². The number of alkyl halides is 2. The number of aromatic nitrogens is 2. The number of aryl methyl sites for hydroxylation is 1. The van der Waals surface area contributed by atoms with Gasteiger partial charge in [-0.2, -0.15) is 8.78 Å². The van der Waals surface area contributed by atoms with Crippen LogP contribution in [0, 0.1) is 6.92 Å². The summed E-state index contributed by atoms with van der Waals surface area (Å²) in [4.78, 5) is 35.5. The highest BCUT2D eigenvalue weighted by Crippen LogP contribution is 2.43. The van der Waals surface area contributed by atoms with Crippen molar-refractivity contribution in [1.82, 2.24) is 20.6 Å². The zero-order valence-corrected chi connectivity index (χ0v) is 25.5. The van der Waals surface area contributed by atoms with Gasteiger partial charge >= 0.3 is 6.61 Å². The number of carbonyl (C=O) groups excluding carboxylic acids is 2. The molecule has 0 unspecified atom stereocenters. The molecule has 46 heavy (non-hydrogen) atoms. The number of ether oxygens (including phenoxy) is 2. The Hall–Kier alpha value is -5.16. The number of nitrogens with one attached hydrogen (secondary N) is 2. The lowest BCUT2D eigenvalue weighted by Crippen LogP contribution is -2.58. The highest BCUT2D eigenvalue weighted by Gasteiger charge is 2.50. The van der Waals surface area contributed by atoms with Crippen LogP contribution < -0.4 is 15.4 Å². The molecule has 0 atom stereocenters. The Morgan fingerprint density at radius 1 is 1.00 bits per heavy atom. The summed E-state index contributed by atoms with van der Waals surface area (Å²) in [6.07, 6.45) is 2.53. The first kappa shape index (κ1) is 30.8. The van der Waals surface area contributed by atoms with Crippen LogP contribution in [0.2, 0.25) is 0 Å². The van der Waals surface area contributed by atoms with Gasteiger partial charge in [0.1, 0.15) is 22.6 Å². The summed E-state index contributed by atoms with van der Waals surface area (Å²) < 4.78 is 42.7. The molecule has 1 aliphatic rings. The van der Waals surface area contributed by atoms with Crippen molar-refractivity contribution < 1.29 is 32.3 Å². The molecule has 5 aromatic rings. The summed E-state index contributed by atoms with van der Waals surface area (Å²) in [6, 6.07) is 19.9. The summed E-state index contributed by atoms with van der Waals surface area (Å²) in [5.74, 6) is 0.537. The lowest BCUT2D eigenvalue weighted by molar-refractivity contribution is -0.198. The summed E-state index contributed by atoms with van der Waals surface area (Å²) in [6.45, 7) is 1.30. The quantitative estimate of drug-likeness (QED) is 0.178. The molecule has 2 N–H and O–H groups in total. The normalized spacial score (nSPS) is 17.5. The van der Waals surface area contributed by atoms with Gasteiger partial charge in [-0.05, 0) is 43.7 Å². The molecule has 0 radical (unpaired) electrons. The second-order valence-corrected chi connectivity index (χ2v) is 11.1. The molecule has 2 aromatic heterocycles. The van der Waals surface area contributed by atoms with Crippen molar-refractivity contribution in [2.45, 2.75) is 44.9 Å². The number of halogens is 2. The molecule has 0 spiro atoms. The van der Waals surface area contributed by atoms with E-state index in [1.165, 1.54) is 12.4 Å². The number of nitrogens with zero attached hydrogens (tertiary/aromatic N) is 2. The predicted octanol–water partition coefficient (Wildman–Crippen LogP) is 6.65. The van der Waals surface area contributed by atoms with E-state index in [2.05, 4.69) is 25.3 Å². The van der Waals surface area contributed by atoms with E-state index < -0.39 is 24.2 Å². The number of hydrogen-bond donors (Lipinski definition) is 2. The Morgan fingerprint density at radius 3 is 2.41 bits per heavy atom. The Balaban J connectivity index is 1.39. The van der Waals surface area contributed by atoms with Crippen LogP contribution in [-0.4, -0.2) is 48.2 Å². The van der Waals surface area contributed by atoms with Gasteiger partial charge in [0.05, 0.1) is 18.3 Å². The fourth-order valence-electron chi connectivity index (χ4n) is 5.85. The Bertz CT molecular complexity index is 1890. The molecule has 0 aliphatic heterocycles. The van der Waals surface area contributed by atoms with Crippen LogP contribution in [0.3, 0.4) is 0 Å². The minimum Gasteiger partial charge on any atom is -0.493 e. The van der Waals surface area contributed by atoms with Gasteiger partial charge in [-0.15, -0.1) is 0 Å². The molecule has 1 saturated carbocycles. The van der Waals surface area contributed by atoms with E-state index in [1.54, 1.807) is 37.4 Å². The average molecular weight is 627 g/mol. The van der Waals surface area contributed by atoms with E-state index in [1.807, 2.05) is 50.2 Å². The van der Waals surface area contributed by atoms with Crippen LogP contribution >= 0.6 is 0 Å². The fraction of sp³-hybridized carbons (Fsp3) is 0.257. The molecule has 1 aliphatic carbocycles. The van der Waals surface area contributed by atoms with E-state index >= 15 is 0 Å². The molecule has 2 amide bonds. The SMILES string of the molecule is CCOc1cc2oc(-c3ccc(C)cc3)c(C(=O)NC)c2cc1-c1cccc(C(=O)NC2(c3ncccn3)CC(OC(F)F)C2)c1. The maximum atomic E-state index is 13.7. The number of fused-ring (bicyclic) bond motifs is 1. The topological polar surface area (TPSA) is 116 Å². The minimum absolute atomic E-state index is 0.101. The van der Waals surface area contributed by atoms with Gasteiger partial charge in [0, 0.05) is 60.4 Å². The number of furan rings is 1. The zero-order valence-electron chi connectivity index (χ0n) is 25.5. The number of carbonyl (C=O) groups is 2. The molecular weight excluding hydrogens is 594 g/mol. The van der Waals surface area contributed by atoms with E-state index in [0.717, 1.165) is 11.1 Å². The van der Waals surface area contributed by atoms with Gasteiger partial charge in [-0.1, -0.05) is 42.0 Å². The molecule has 0 bridgehead atoms. The second-order valence-electron chi connectivity index (χ2n) is 11.1. The Morgan fingerprint density at radius 2 is 1.74 bits per heavy atom. The molecular formula is C35H32F2N4O5. The molecule has 2 heterocycles. The molecule has 3 aromatic carbocycles. The van der Waals surface area contributed by atoms with Gasteiger partial charge < -0.3 is 24.5 Å². The largest absolute Gasteiger partial charge is 0.493 e. The standard InChI is InChI=1S/C35H32F2N4O5/c1-4-44-27-17-28-26(29(32(43)38-3)30(46-28)21-11-9-20(2)10-12-21)16-25(27)22-7-5-8-23(15-22)31(42)41-35(33-39-13-6-14-40-33)18-24(19-35)45-34(36)37/h5-17,24,34H,4,18-19H2,1-3H3,(H,38,43)(H,41,42). The van der Waals surface area contributed by atoms with E-state index in [4.69, 9.17) is 9.15 Å². The lowest BCUT2D eigenvalue weighted by atomic mass is 9.73. The number of benzene rings is 3. The first-order valence-corrected chi connectivity index (χ1v) is 14.9. The highest BCUT2D eigenvalue weighted by molar-refractivity contribution is 6.12. The summed E-state index contributed by atoms with van der Waals surface area (Å²) in [5, 5.41) is 6.29.